The fourth-order valence-corrected chi connectivity index (χ4v) is 3.97. The molecular weight excluding hydrogens is 306 g/mol. The highest BCUT2D eigenvalue weighted by atomic mass is 16.5. The van der Waals surface area contributed by atoms with E-state index in [0.29, 0.717) is 5.41 Å². The van der Waals surface area contributed by atoms with Gasteiger partial charge in [0.1, 0.15) is 11.9 Å². The van der Waals surface area contributed by atoms with Gasteiger partial charge in [0, 0.05) is 6.54 Å². The molecule has 144 valence electrons. The number of ether oxygens (including phenoxy) is 1. The molecule has 0 saturated carbocycles. The predicted octanol–water partition coefficient (Wildman–Crippen LogP) is 6.29. The summed E-state index contributed by atoms with van der Waals surface area (Å²) in [5.41, 5.74) is 1.90. The summed E-state index contributed by atoms with van der Waals surface area (Å²) in [6, 6.07) is 8.76. The Morgan fingerprint density at radius 1 is 0.920 bits per heavy atom. The lowest BCUT2D eigenvalue weighted by Gasteiger charge is -2.33. The molecule has 0 N–H and O–H groups in total. The van der Waals surface area contributed by atoms with Crippen LogP contribution in [0.1, 0.15) is 80.2 Å². The molecular formula is C23H41NO. The standard InChI is InChI=1S/C23H41NO/c1-9-15-24(16-10-2)17-19(3)25-21-13-11-20(12-14-21)23(7,8)18-22(4,5)6/h11-14,19H,9-10,15-18H2,1-8H3. The van der Waals surface area contributed by atoms with Crippen LogP contribution in [0.4, 0.5) is 0 Å². The molecule has 0 aliphatic heterocycles. The van der Waals surface area contributed by atoms with E-state index in [4.69, 9.17) is 4.74 Å². The highest BCUT2D eigenvalue weighted by molar-refractivity contribution is 5.32. The van der Waals surface area contributed by atoms with Crippen molar-refractivity contribution < 1.29 is 4.74 Å². The van der Waals surface area contributed by atoms with Crippen LogP contribution in [-0.2, 0) is 5.41 Å². The lowest BCUT2D eigenvalue weighted by atomic mass is 9.72. The molecule has 0 saturated heterocycles. The number of nitrogens with zero attached hydrogens (tertiary/aromatic N) is 1. The van der Waals surface area contributed by atoms with Crippen molar-refractivity contribution in [2.45, 2.75) is 86.2 Å². The lowest BCUT2D eigenvalue weighted by molar-refractivity contribution is 0.145. The Bertz CT molecular complexity index is 478. The summed E-state index contributed by atoms with van der Waals surface area (Å²) in [6.07, 6.45) is 3.78. The van der Waals surface area contributed by atoms with Crippen LogP contribution in [0.5, 0.6) is 5.75 Å². The molecule has 25 heavy (non-hydrogen) atoms. The number of hydrogen-bond acceptors (Lipinski definition) is 2. The van der Waals surface area contributed by atoms with Gasteiger partial charge in [-0.2, -0.15) is 0 Å². The molecule has 0 aliphatic carbocycles. The monoisotopic (exact) mass is 347 g/mol. The van der Waals surface area contributed by atoms with E-state index in [2.05, 4.69) is 84.6 Å². The zero-order chi connectivity index (χ0) is 19.1. The van der Waals surface area contributed by atoms with Crippen LogP contribution in [0, 0.1) is 5.41 Å². The molecule has 1 aromatic carbocycles. The van der Waals surface area contributed by atoms with Crippen LogP contribution < -0.4 is 4.74 Å². The van der Waals surface area contributed by atoms with Gasteiger partial charge in [-0.05, 0) is 67.8 Å². The van der Waals surface area contributed by atoms with Gasteiger partial charge in [0.2, 0.25) is 0 Å². The maximum absolute atomic E-state index is 6.16. The van der Waals surface area contributed by atoms with Crippen molar-refractivity contribution >= 4 is 0 Å². The minimum Gasteiger partial charge on any atom is -0.489 e. The minimum atomic E-state index is 0.182. The number of hydrogen-bond donors (Lipinski definition) is 0. The van der Waals surface area contributed by atoms with Gasteiger partial charge in [-0.25, -0.2) is 0 Å². The molecule has 0 fully saturated rings. The molecule has 0 spiro atoms. The van der Waals surface area contributed by atoms with Gasteiger partial charge in [0.05, 0.1) is 0 Å². The van der Waals surface area contributed by atoms with E-state index in [0.717, 1.165) is 25.4 Å². The van der Waals surface area contributed by atoms with Gasteiger partial charge in [0.15, 0.2) is 0 Å². The third-order valence-electron chi connectivity index (χ3n) is 4.54. The third-order valence-corrected chi connectivity index (χ3v) is 4.54. The fourth-order valence-electron chi connectivity index (χ4n) is 3.97. The zero-order valence-corrected chi connectivity index (χ0v) is 18.0. The van der Waals surface area contributed by atoms with Crippen molar-refractivity contribution in [2.24, 2.45) is 5.41 Å². The molecule has 1 rings (SSSR count). The smallest absolute Gasteiger partial charge is 0.119 e. The average molecular weight is 348 g/mol. The van der Waals surface area contributed by atoms with Crippen molar-refractivity contribution in [1.29, 1.82) is 0 Å². The molecule has 1 atom stereocenters. The molecule has 0 amide bonds. The quantitative estimate of drug-likeness (QED) is 0.493. The summed E-state index contributed by atoms with van der Waals surface area (Å²) in [6.45, 7) is 21.6. The normalized spacial score (nSPS) is 14.0. The third kappa shape index (κ3) is 8.27. The molecule has 0 heterocycles. The van der Waals surface area contributed by atoms with E-state index in [1.807, 2.05) is 0 Å². The first-order valence-electron chi connectivity index (χ1n) is 10.1. The van der Waals surface area contributed by atoms with Gasteiger partial charge in [-0.1, -0.05) is 60.6 Å². The van der Waals surface area contributed by atoms with Crippen LogP contribution in [0.3, 0.4) is 0 Å². The summed E-state index contributed by atoms with van der Waals surface area (Å²) >= 11 is 0. The van der Waals surface area contributed by atoms with Crippen LogP contribution >= 0.6 is 0 Å². The van der Waals surface area contributed by atoms with Gasteiger partial charge >= 0.3 is 0 Å². The molecule has 2 nitrogen and oxygen atoms in total. The highest BCUT2D eigenvalue weighted by Gasteiger charge is 2.27. The first-order valence-corrected chi connectivity index (χ1v) is 10.1. The summed E-state index contributed by atoms with van der Waals surface area (Å²) in [5.74, 6) is 0.982. The molecule has 0 aliphatic rings. The summed E-state index contributed by atoms with van der Waals surface area (Å²) in [7, 11) is 0. The van der Waals surface area contributed by atoms with E-state index in [9.17, 15) is 0 Å². The molecule has 1 unspecified atom stereocenters. The van der Waals surface area contributed by atoms with Gasteiger partial charge < -0.3 is 4.74 Å². The van der Waals surface area contributed by atoms with Gasteiger partial charge in [-0.3, -0.25) is 4.90 Å². The Morgan fingerprint density at radius 3 is 1.88 bits per heavy atom. The number of benzene rings is 1. The maximum Gasteiger partial charge on any atom is 0.119 e. The van der Waals surface area contributed by atoms with Crippen molar-refractivity contribution in [3.63, 3.8) is 0 Å². The second-order valence-corrected chi connectivity index (χ2v) is 9.37. The Kier molecular flexibility index (Phi) is 8.47. The second-order valence-electron chi connectivity index (χ2n) is 9.37. The number of rotatable bonds is 10. The topological polar surface area (TPSA) is 12.5 Å². The Morgan fingerprint density at radius 2 is 1.44 bits per heavy atom. The predicted molar refractivity (Wildman–Crippen MR) is 111 cm³/mol. The maximum atomic E-state index is 6.16. The molecule has 2 heteroatoms. The van der Waals surface area contributed by atoms with E-state index < -0.39 is 0 Å². The van der Waals surface area contributed by atoms with Crippen LogP contribution in [0.15, 0.2) is 24.3 Å². The van der Waals surface area contributed by atoms with Crippen molar-refractivity contribution in [2.75, 3.05) is 19.6 Å². The van der Waals surface area contributed by atoms with Crippen LogP contribution in [0.2, 0.25) is 0 Å². The van der Waals surface area contributed by atoms with Gasteiger partial charge in [0.25, 0.3) is 0 Å². The van der Waals surface area contributed by atoms with E-state index in [1.54, 1.807) is 0 Å². The highest BCUT2D eigenvalue weighted by Crippen LogP contribution is 2.36. The summed E-state index contributed by atoms with van der Waals surface area (Å²) in [5, 5.41) is 0. The SMILES string of the molecule is CCCN(CCC)CC(C)Oc1ccc(C(C)(C)CC(C)(C)C)cc1. The van der Waals surface area contributed by atoms with Gasteiger partial charge in [-0.15, -0.1) is 0 Å². The largest absolute Gasteiger partial charge is 0.489 e. The Labute approximate surface area is 157 Å². The first-order chi connectivity index (χ1) is 11.6. The molecule has 0 bridgehead atoms. The first kappa shape index (κ1) is 22.0. The van der Waals surface area contributed by atoms with Crippen molar-refractivity contribution in [1.82, 2.24) is 4.90 Å². The van der Waals surface area contributed by atoms with E-state index in [1.165, 1.54) is 24.8 Å². The van der Waals surface area contributed by atoms with Crippen molar-refractivity contribution in [3.8, 4) is 5.75 Å². The average Bonchev–Trinajstić information content (AvgIpc) is 2.45. The molecule has 1 aromatic rings. The van der Waals surface area contributed by atoms with E-state index in [-0.39, 0.29) is 11.5 Å². The fraction of sp³-hybridized carbons (Fsp3) is 0.739. The molecule has 0 radical (unpaired) electrons. The van der Waals surface area contributed by atoms with E-state index >= 15 is 0 Å². The lowest BCUT2D eigenvalue weighted by Crippen LogP contribution is -2.35. The van der Waals surface area contributed by atoms with Crippen LogP contribution in [-0.4, -0.2) is 30.6 Å². The summed E-state index contributed by atoms with van der Waals surface area (Å²) < 4.78 is 6.16. The Balaban J connectivity index is 2.67. The van der Waals surface area contributed by atoms with Crippen LogP contribution in [0.25, 0.3) is 0 Å². The summed E-state index contributed by atoms with van der Waals surface area (Å²) in [4.78, 5) is 2.51. The second kappa shape index (κ2) is 9.62. The van der Waals surface area contributed by atoms with Crippen molar-refractivity contribution in [3.05, 3.63) is 29.8 Å². The minimum absolute atomic E-state index is 0.182. The Hall–Kier alpha value is -1.02. The molecule has 0 aromatic heterocycles. The zero-order valence-electron chi connectivity index (χ0n) is 18.0.